The Morgan fingerprint density at radius 3 is 2.52 bits per heavy atom. The summed E-state index contributed by atoms with van der Waals surface area (Å²) in [4.78, 5) is 24.0. The molecule has 0 aliphatic rings. The summed E-state index contributed by atoms with van der Waals surface area (Å²) in [6.45, 7) is 0.392. The van der Waals surface area contributed by atoms with Gasteiger partial charge in [-0.2, -0.15) is 5.10 Å². The van der Waals surface area contributed by atoms with E-state index in [1.54, 1.807) is 49.6 Å². The van der Waals surface area contributed by atoms with Gasteiger partial charge in [0, 0.05) is 4.47 Å². The number of hydrazone groups is 1. The summed E-state index contributed by atoms with van der Waals surface area (Å²) in [6.07, 6.45) is 1.06. The number of nitrogens with one attached hydrogen (secondary N) is 2. The minimum absolute atomic E-state index is 0.391. The van der Waals surface area contributed by atoms with Crippen molar-refractivity contribution in [1.82, 2.24) is 5.43 Å². The largest absolute Gasteiger partial charge is 0.493 e. The topological polar surface area (TPSA) is 89.0 Å². The van der Waals surface area contributed by atoms with Crippen LogP contribution in [0.25, 0.3) is 0 Å². The molecular formula is C24H21BrClN3O4. The molecule has 0 spiro atoms. The highest BCUT2D eigenvalue weighted by atomic mass is 79.9. The molecule has 3 aromatic carbocycles. The molecule has 2 amide bonds. The predicted molar refractivity (Wildman–Crippen MR) is 132 cm³/mol. The lowest BCUT2D eigenvalue weighted by atomic mass is 10.2. The van der Waals surface area contributed by atoms with E-state index in [2.05, 4.69) is 31.8 Å². The minimum Gasteiger partial charge on any atom is -0.493 e. The first-order valence-corrected chi connectivity index (χ1v) is 11.0. The van der Waals surface area contributed by atoms with Gasteiger partial charge in [0.05, 0.1) is 24.0 Å². The molecule has 0 aromatic heterocycles. The van der Waals surface area contributed by atoms with E-state index >= 15 is 0 Å². The number of carbonyl (C=O) groups is 2. The van der Waals surface area contributed by atoms with E-state index in [-0.39, 0.29) is 0 Å². The lowest BCUT2D eigenvalue weighted by Gasteiger charge is -2.11. The molecule has 0 saturated carbocycles. The average molecular weight is 531 g/mol. The standard InChI is InChI=1S/C24H21BrClN3O4/c1-32-22-12-17(8-11-21(22)33-15-16-6-9-18(25)10-7-16)14-27-29-24(31)13-23(30)28-20-5-3-2-4-19(20)26/h2-12,14H,13,15H2,1H3,(H,28,30)(H,29,31). The second-order valence-electron chi connectivity index (χ2n) is 6.82. The first kappa shape index (κ1) is 24.3. The average Bonchev–Trinajstić information content (AvgIpc) is 2.80. The fraction of sp³-hybridized carbons (Fsp3) is 0.125. The van der Waals surface area contributed by atoms with Crippen molar-refractivity contribution in [3.05, 3.63) is 87.4 Å². The summed E-state index contributed by atoms with van der Waals surface area (Å²) < 4.78 is 12.2. The zero-order valence-electron chi connectivity index (χ0n) is 17.7. The maximum atomic E-state index is 12.0. The summed E-state index contributed by atoms with van der Waals surface area (Å²) in [5.74, 6) is 0.0568. The summed E-state index contributed by atoms with van der Waals surface area (Å²) >= 11 is 9.39. The molecule has 0 fully saturated rings. The lowest BCUT2D eigenvalue weighted by Crippen LogP contribution is -2.24. The number of ether oxygens (including phenoxy) is 2. The van der Waals surface area contributed by atoms with Crippen LogP contribution in [0.3, 0.4) is 0 Å². The van der Waals surface area contributed by atoms with Crippen molar-refractivity contribution in [2.75, 3.05) is 12.4 Å². The van der Waals surface area contributed by atoms with E-state index in [1.807, 2.05) is 24.3 Å². The number of benzene rings is 3. The van der Waals surface area contributed by atoms with Crippen LogP contribution in [-0.4, -0.2) is 25.1 Å². The molecule has 9 heteroatoms. The highest BCUT2D eigenvalue weighted by Crippen LogP contribution is 2.28. The molecule has 0 aliphatic heterocycles. The molecule has 0 aliphatic carbocycles. The lowest BCUT2D eigenvalue weighted by molar-refractivity contribution is -0.126. The van der Waals surface area contributed by atoms with Crippen molar-refractivity contribution in [3.63, 3.8) is 0 Å². The van der Waals surface area contributed by atoms with Crippen LogP contribution in [0.1, 0.15) is 17.5 Å². The molecule has 2 N–H and O–H groups in total. The molecule has 0 unspecified atom stereocenters. The van der Waals surface area contributed by atoms with Crippen LogP contribution >= 0.6 is 27.5 Å². The third-order valence-electron chi connectivity index (χ3n) is 4.37. The van der Waals surface area contributed by atoms with Gasteiger partial charge in [0.15, 0.2) is 11.5 Å². The Balaban J connectivity index is 1.51. The van der Waals surface area contributed by atoms with E-state index < -0.39 is 18.2 Å². The van der Waals surface area contributed by atoms with Crippen molar-refractivity contribution in [1.29, 1.82) is 0 Å². The van der Waals surface area contributed by atoms with Crippen LogP contribution in [0.4, 0.5) is 5.69 Å². The SMILES string of the molecule is COc1cc(C=NNC(=O)CC(=O)Nc2ccccc2Cl)ccc1OCc1ccc(Br)cc1. The second-order valence-corrected chi connectivity index (χ2v) is 8.15. The number of hydrogen-bond donors (Lipinski definition) is 2. The van der Waals surface area contributed by atoms with Crippen molar-refractivity contribution < 1.29 is 19.1 Å². The first-order chi connectivity index (χ1) is 15.9. The number of carbonyl (C=O) groups excluding carboxylic acids is 2. The first-order valence-electron chi connectivity index (χ1n) is 9.86. The highest BCUT2D eigenvalue weighted by Gasteiger charge is 2.11. The van der Waals surface area contributed by atoms with Crippen LogP contribution < -0.4 is 20.2 Å². The number of anilines is 1. The van der Waals surface area contributed by atoms with E-state index in [9.17, 15) is 9.59 Å². The van der Waals surface area contributed by atoms with E-state index in [0.29, 0.717) is 34.4 Å². The number of amides is 2. The smallest absolute Gasteiger partial charge is 0.249 e. The van der Waals surface area contributed by atoms with Gasteiger partial charge in [-0.1, -0.05) is 51.8 Å². The second kappa shape index (κ2) is 12.0. The maximum Gasteiger partial charge on any atom is 0.249 e. The fourth-order valence-corrected chi connectivity index (χ4v) is 3.19. The monoisotopic (exact) mass is 529 g/mol. The van der Waals surface area contributed by atoms with E-state index in [0.717, 1.165) is 10.0 Å². The number of hydrogen-bond acceptors (Lipinski definition) is 5. The van der Waals surface area contributed by atoms with Gasteiger partial charge in [0.25, 0.3) is 0 Å². The third-order valence-corrected chi connectivity index (χ3v) is 5.23. The molecule has 0 bridgehead atoms. The minimum atomic E-state index is -0.558. The quantitative estimate of drug-likeness (QED) is 0.227. The van der Waals surface area contributed by atoms with Crippen LogP contribution in [-0.2, 0) is 16.2 Å². The van der Waals surface area contributed by atoms with Crippen LogP contribution in [0.15, 0.2) is 76.3 Å². The Morgan fingerprint density at radius 1 is 1.03 bits per heavy atom. The highest BCUT2D eigenvalue weighted by molar-refractivity contribution is 9.10. The van der Waals surface area contributed by atoms with Crippen LogP contribution in [0.2, 0.25) is 5.02 Å². The Kier molecular flexibility index (Phi) is 8.86. The van der Waals surface area contributed by atoms with Crippen molar-refractivity contribution in [2.24, 2.45) is 5.10 Å². The normalized spacial score (nSPS) is 10.6. The molecule has 3 rings (SSSR count). The van der Waals surface area contributed by atoms with Crippen LogP contribution in [0, 0.1) is 0 Å². The molecule has 33 heavy (non-hydrogen) atoms. The van der Waals surface area contributed by atoms with Gasteiger partial charge in [-0.05, 0) is 53.6 Å². The Morgan fingerprint density at radius 2 is 1.79 bits per heavy atom. The number of methoxy groups -OCH3 is 1. The molecule has 0 radical (unpaired) electrons. The predicted octanol–water partition coefficient (Wildman–Crippen LogP) is 5.17. The van der Waals surface area contributed by atoms with Crippen molar-refractivity contribution in [3.8, 4) is 11.5 Å². The molecule has 3 aromatic rings. The van der Waals surface area contributed by atoms with Crippen molar-refractivity contribution in [2.45, 2.75) is 13.0 Å². The summed E-state index contributed by atoms with van der Waals surface area (Å²) in [5.41, 5.74) is 4.47. The fourth-order valence-electron chi connectivity index (χ4n) is 2.75. The Labute approximate surface area is 204 Å². The molecule has 170 valence electrons. The number of nitrogens with zero attached hydrogens (tertiary/aromatic N) is 1. The Bertz CT molecular complexity index is 1150. The molecular weight excluding hydrogens is 510 g/mol. The maximum absolute atomic E-state index is 12.0. The summed E-state index contributed by atoms with van der Waals surface area (Å²) in [6, 6.07) is 19.9. The third kappa shape index (κ3) is 7.62. The van der Waals surface area contributed by atoms with Gasteiger partial charge in [-0.15, -0.1) is 0 Å². The van der Waals surface area contributed by atoms with E-state index in [1.165, 1.54) is 6.21 Å². The summed E-state index contributed by atoms with van der Waals surface area (Å²) in [5, 5.41) is 6.87. The van der Waals surface area contributed by atoms with Gasteiger partial charge in [0.1, 0.15) is 13.0 Å². The Hall–Kier alpha value is -3.36. The molecule has 7 nitrogen and oxygen atoms in total. The number of para-hydroxylation sites is 1. The van der Waals surface area contributed by atoms with Gasteiger partial charge in [-0.25, -0.2) is 5.43 Å². The molecule has 0 atom stereocenters. The van der Waals surface area contributed by atoms with Crippen molar-refractivity contribution >= 4 is 51.2 Å². The molecule has 0 heterocycles. The van der Waals surface area contributed by atoms with Crippen LogP contribution in [0.5, 0.6) is 11.5 Å². The van der Waals surface area contributed by atoms with Gasteiger partial charge >= 0.3 is 0 Å². The molecule has 0 saturated heterocycles. The van der Waals surface area contributed by atoms with Gasteiger partial charge < -0.3 is 14.8 Å². The number of halogens is 2. The zero-order valence-corrected chi connectivity index (χ0v) is 20.0. The summed E-state index contributed by atoms with van der Waals surface area (Å²) in [7, 11) is 1.54. The number of rotatable bonds is 9. The zero-order chi connectivity index (χ0) is 23.6. The van der Waals surface area contributed by atoms with E-state index in [4.69, 9.17) is 21.1 Å². The van der Waals surface area contributed by atoms with Gasteiger partial charge in [-0.3, -0.25) is 9.59 Å². The van der Waals surface area contributed by atoms with Gasteiger partial charge in [0.2, 0.25) is 11.8 Å².